The van der Waals surface area contributed by atoms with Crippen LogP contribution in [0.4, 0.5) is 4.39 Å². The summed E-state index contributed by atoms with van der Waals surface area (Å²) in [6, 6.07) is 16.7. The Morgan fingerprint density at radius 1 is 1.15 bits per heavy atom. The molecule has 1 unspecified atom stereocenters. The van der Waals surface area contributed by atoms with Gasteiger partial charge in [-0.05, 0) is 73.1 Å². The van der Waals surface area contributed by atoms with Crippen molar-refractivity contribution in [1.29, 1.82) is 0 Å². The van der Waals surface area contributed by atoms with Crippen LogP contribution in [0.3, 0.4) is 0 Å². The van der Waals surface area contributed by atoms with E-state index in [0.717, 1.165) is 37.9 Å². The molecule has 9 heteroatoms. The average molecular weight is 555 g/mol. The highest BCUT2D eigenvalue weighted by Gasteiger charge is 2.30. The first-order valence-electron chi connectivity index (χ1n) is 13.6. The van der Waals surface area contributed by atoms with E-state index in [1.807, 2.05) is 18.3 Å². The van der Waals surface area contributed by atoms with Gasteiger partial charge in [-0.1, -0.05) is 36.8 Å². The topological polar surface area (TPSA) is 106 Å². The Balaban J connectivity index is 1.24. The van der Waals surface area contributed by atoms with E-state index in [4.69, 9.17) is 10.5 Å². The van der Waals surface area contributed by atoms with Crippen molar-refractivity contribution in [2.24, 2.45) is 5.73 Å². The molecule has 1 aliphatic carbocycles. The van der Waals surface area contributed by atoms with Crippen molar-refractivity contribution in [2.45, 2.75) is 62.3 Å². The number of benzene rings is 2. The number of aryl methyl sites for hydroxylation is 1. The molecule has 0 spiro atoms. The first-order valence-corrected chi connectivity index (χ1v) is 15.3. The predicted molar refractivity (Wildman–Crippen MR) is 153 cm³/mol. The number of ether oxygens (including phenoxy) is 1. The number of nitrogens with one attached hydrogen (secondary N) is 2. The number of rotatable bonds is 14. The smallest absolute Gasteiger partial charge is 0.215 e. The molecule has 0 amide bonds. The van der Waals surface area contributed by atoms with Gasteiger partial charge in [0.25, 0.3) is 0 Å². The number of hydrogen-bond donors (Lipinski definition) is 3. The third kappa shape index (κ3) is 8.57. The minimum atomic E-state index is -3.59. The van der Waals surface area contributed by atoms with Gasteiger partial charge in [0, 0.05) is 49.0 Å². The van der Waals surface area contributed by atoms with Crippen molar-refractivity contribution >= 4 is 10.0 Å². The Labute approximate surface area is 231 Å². The number of methoxy groups -OCH3 is 1. The highest BCUT2D eigenvalue weighted by molar-refractivity contribution is 7.88. The fraction of sp³-hybridized carbons (Fsp3) is 0.433. The minimum absolute atomic E-state index is 0.0312. The number of nitrogens with zero attached hydrogens (tertiary/aromatic N) is 1. The summed E-state index contributed by atoms with van der Waals surface area (Å²) >= 11 is 0. The highest BCUT2D eigenvalue weighted by atomic mass is 32.2. The second kappa shape index (κ2) is 14.0. The summed E-state index contributed by atoms with van der Waals surface area (Å²) in [7, 11) is -1.89. The molecule has 1 aliphatic rings. The molecule has 4 N–H and O–H groups in total. The quantitative estimate of drug-likeness (QED) is 0.259. The molecule has 1 aromatic heterocycles. The van der Waals surface area contributed by atoms with E-state index >= 15 is 0 Å². The fourth-order valence-corrected chi connectivity index (χ4v) is 6.52. The van der Waals surface area contributed by atoms with Gasteiger partial charge in [-0.3, -0.25) is 4.98 Å². The molecule has 210 valence electrons. The Hall–Kier alpha value is -2.85. The molecule has 2 aromatic carbocycles. The van der Waals surface area contributed by atoms with Crippen LogP contribution in [-0.2, 0) is 28.6 Å². The maximum Gasteiger partial charge on any atom is 0.215 e. The first kappa shape index (κ1) is 29.1. The lowest BCUT2D eigenvalue weighted by Crippen LogP contribution is -2.44. The monoisotopic (exact) mass is 554 g/mol. The molecule has 3 atom stereocenters. The number of aromatic nitrogens is 1. The normalized spacial score (nSPS) is 17.9. The molecule has 7 nitrogen and oxygen atoms in total. The zero-order valence-corrected chi connectivity index (χ0v) is 23.3. The van der Waals surface area contributed by atoms with Gasteiger partial charge in [0.15, 0.2) is 0 Å². The summed E-state index contributed by atoms with van der Waals surface area (Å²) in [4.78, 5) is 4.30. The van der Waals surface area contributed by atoms with E-state index in [0.29, 0.717) is 31.5 Å². The molecule has 0 saturated carbocycles. The largest absolute Gasteiger partial charge is 0.497 e. The standard InChI is InChI=1S/C30H39FN4O3S/c1-38-26-12-13-27-23(18-26)11-14-30(28(27)17-22-7-6-15-33-19-22)34-20-25(32)9-4-5-16-35-39(36,37)21-24-8-2-3-10-29(24)31/h2-3,6-8,10,12-13,15,18-19,25,28,30,34-35H,4-5,9,11,14,16-17,20-21,32H2,1H3/t25?,28-,30+/m1/s1. The first-order chi connectivity index (χ1) is 18.8. The Morgan fingerprint density at radius 3 is 2.77 bits per heavy atom. The number of unbranched alkanes of at least 4 members (excludes halogenated alkanes) is 1. The number of sulfonamides is 1. The number of hydrogen-bond acceptors (Lipinski definition) is 6. The summed E-state index contributed by atoms with van der Waals surface area (Å²) in [6.45, 7) is 1.01. The van der Waals surface area contributed by atoms with Crippen molar-refractivity contribution in [1.82, 2.24) is 15.0 Å². The number of halogens is 1. The number of fused-ring (bicyclic) bond motifs is 1. The van der Waals surface area contributed by atoms with E-state index < -0.39 is 15.8 Å². The molecule has 39 heavy (non-hydrogen) atoms. The fourth-order valence-electron chi connectivity index (χ4n) is 5.32. The van der Waals surface area contributed by atoms with E-state index in [2.05, 4.69) is 33.2 Å². The second-order valence-corrected chi connectivity index (χ2v) is 12.1. The van der Waals surface area contributed by atoms with Gasteiger partial charge < -0.3 is 15.8 Å². The van der Waals surface area contributed by atoms with Crippen LogP contribution in [0.15, 0.2) is 67.0 Å². The van der Waals surface area contributed by atoms with Crippen LogP contribution < -0.4 is 20.5 Å². The molecule has 3 aromatic rings. The van der Waals surface area contributed by atoms with E-state index in [9.17, 15) is 12.8 Å². The third-order valence-electron chi connectivity index (χ3n) is 7.41. The molecule has 0 fully saturated rings. The average Bonchev–Trinajstić information content (AvgIpc) is 2.93. The van der Waals surface area contributed by atoms with Crippen LogP contribution in [-0.4, -0.2) is 45.7 Å². The van der Waals surface area contributed by atoms with Gasteiger partial charge in [-0.15, -0.1) is 0 Å². The molecule has 0 aliphatic heterocycles. The van der Waals surface area contributed by atoms with Crippen molar-refractivity contribution < 1.29 is 17.5 Å². The van der Waals surface area contributed by atoms with E-state index in [-0.39, 0.29) is 17.4 Å². The van der Waals surface area contributed by atoms with Crippen molar-refractivity contribution in [3.8, 4) is 5.75 Å². The maximum absolute atomic E-state index is 13.8. The maximum atomic E-state index is 13.8. The Kier molecular flexibility index (Phi) is 10.4. The van der Waals surface area contributed by atoms with Crippen LogP contribution in [0.1, 0.15) is 53.9 Å². The van der Waals surface area contributed by atoms with Crippen LogP contribution >= 0.6 is 0 Å². The zero-order valence-electron chi connectivity index (χ0n) is 22.5. The van der Waals surface area contributed by atoms with Crippen LogP contribution in [0.2, 0.25) is 0 Å². The molecule has 0 saturated heterocycles. The van der Waals surface area contributed by atoms with Gasteiger partial charge in [-0.2, -0.15) is 0 Å². The lowest BCUT2D eigenvalue weighted by molar-refractivity contribution is 0.365. The highest BCUT2D eigenvalue weighted by Crippen LogP contribution is 2.36. The van der Waals surface area contributed by atoms with Crippen molar-refractivity contribution in [3.63, 3.8) is 0 Å². The second-order valence-electron chi connectivity index (χ2n) is 10.3. The lowest BCUT2D eigenvalue weighted by Gasteiger charge is -2.35. The summed E-state index contributed by atoms with van der Waals surface area (Å²) in [6.07, 6.45) is 8.89. The number of nitrogens with two attached hydrogens (primary N) is 1. The van der Waals surface area contributed by atoms with Gasteiger partial charge in [0.2, 0.25) is 10.0 Å². The summed E-state index contributed by atoms with van der Waals surface area (Å²) in [5.74, 6) is 0.322. The SMILES string of the molecule is COc1ccc2c(c1)CC[C@H](NCC(N)CCCCNS(=O)(=O)Cc1ccccc1F)[C@@H]2Cc1cccnc1. The van der Waals surface area contributed by atoms with Crippen molar-refractivity contribution in [2.75, 3.05) is 20.2 Å². The van der Waals surface area contributed by atoms with Gasteiger partial charge >= 0.3 is 0 Å². The molecule has 1 heterocycles. The zero-order chi connectivity index (χ0) is 27.7. The number of pyridine rings is 1. The molecule has 4 rings (SSSR count). The van der Waals surface area contributed by atoms with Crippen LogP contribution in [0, 0.1) is 5.82 Å². The summed E-state index contributed by atoms with van der Waals surface area (Å²) in [5, 5.41) is 3.74. The minimum Gasteiger partial charge on any atom is -0.497 e. The predicted octanol–water partition coefficient (Wildman–Crippen LogP) is 4.08. The lowest BCUT2D eigenvalue weighted by atomic mass is 9.76. The van der Waals surface area contributed by atoms with Gasteiger partial charge in [0.05, 0.1) is 12.9 Å². The van der Waals surface area contributed by atoms with E-state index in [1.54, 1.807) is 25.4 Å². The van der Waals surface area contributed by atoms with Crippen LogP contribution in [0.25, 0.3) is 0 Å². The van der Waals surface area contributed by atoms with Gasteiger partial charge in [0.1, 0.15) is 11.6 Å². The third-order valence-corrected chi connectivity index (χ3v) is 8.74. The summed E-state index contributed by atoms with van der Waals surface area (Å²) < 4.78 is 46.4. The summed E-state index contributed by atoms with van der Waals surface area (Å²) in [5.41, 5.74) is 10.5. The molecular formula is C30H39FN4O3S. The van der Waals surface area contributed by atoms with Crippen molar-refractivity contribution in [3.05, 3.63) is 95.1 Å². The van der Waals surface area contributed by atoms with Gasteiger partial charge in [-0.25, -0.2) is 17.5 Å². The van der Waals surface area contributed by atoms with E-state index in [1.165, 1.54) is 28.8 Å². The molecule has 0 bridgehead atoms. The Morgan fingerprint density at radius 2 is 2.00 bits per heavy atom. The molecule has 0 radical (unpaired) electrons. The Bertz CT molecular complexity index is 1310. The molecular weight excluding hydrogens is 515 g/mol. The van der Waals surface area contributed by atoms with Crippen LogP contribution in [0.5, 0.6) is 5.75 Å².